The maximum Gasteiger partial charge on any atom is 0.122 e. The Morgan fingerprint density at radius 3 is 1.42 bits per heavy atom. The highest BCUT2D eigenvalue weighted by Crippen LogP contribution is 2.39. The van der Waals surface area contributed by atoms with Crippen molar-refractivity contribution in [2.75, 3.05) is 0 Å². The van der Waals surface area contributed by atoms with Crippen molar-refractivity contribution in [1.82, 2.24) is 0 Å². The van der Waals surface area contributed by atoms with Crippen molar-refractivity contribution >= 4 is 11.8 Å². The SMILES string of the molecule is Cc1ccc(Sc2ccc(C)c(O)c2C)c(C)c1O. The van der Waals surface area contributed by atoms with E-state index in [2.05, 4.69) is 0 Å². The van der Waals surface area contributed by atoms with Gasteiger partial charge in [-0.2, -0.15) is 0 Å². The van der Waals surface area contributed by atoms with Crippen molar-refractivity contribution in [3.63, 3.8) is 0 Å². The monoisotopic (exact) mass is 274 g/mol. The molecular formula is C16H18O2S. The fourth-order valence-corrected chi connectivity index (χ4v) is 2.98. The number of hydrogen-bond donors (Lipinski definition) is 2. The Morgan fingerprint density at radius 2 is 1.05 bits per heavy atom. The highest BCUT2D eigenvalue weighted by atomic mass is 32.2. The highest BCUT2D eigenvalue weighted by Gasteiger charge is 2.11. The van der Waals surface area contributed by atoms with E-state index >= 15 is 0 Å². The van der Waals surface area contributed by atoms with E-state index < -0.39 is 0 Å². The Labute approximate surface area is 118 Å². The zero-order chi connectivity index (χ0) is 14.2. The van der Waals surface area contributed by atoms with Crippen LogP contribution in [0, 0.1) is 27.7 Å². The minimum absolute atomic E-state index is 0.346. The van der Waals surface area contributed by atoms with Crippen LogP contribution in [-0.2, 0) is 0 Å². The third-order valence-electron chi connectivity index (χ3n) is 3.39. The zero-order valence-corrected chi connectivity index (χ0v) is 12.4. The number of aryl methyl sites for hydroxylation is 2. The Kier molecular flexibility index (Phi) is 3.76. The van der Waals surface area contributed by atoms with Crippen molar-refractivity contribution in [3.05, 3.63) is 46.5 Å². The molecule has 19 heavy (non-hydrogen) atoms. The lowest BCUT2D eigenvalue weighted by atomic mass is 10.1. The molecule has 3 heteroatoms. The van der Waals surface area contributed by atoms with Crippen molar-refractivity contribution in [1.29, 1.82) is 0 Å². The van der Waals surface area contributed by atoms with Gasteiger partial charge in [-0.15, -0.1) is 0 Å². The first-order chi connectivity index (χ1) is 8.91. The quantitative estimate of drug-likeness (QED) is 0.848. The fraction of sp³-hybridized carbons (Fsp3) is 0.250. The first-order valence-corrected chi connectivity index (χ1v) is 6.99. The minimum Gasteiger partial charge on any atom is -0.507 e. The molecule has 0 fully saturated rings. The fourth-order valence-electron chi connectivity index (χ4n) is 1.97. The van der Waals surface area contributed by atoms with E-state index in [1.807, 2.05) is 52.0 Å². The van der Waals surface area contributed by atoms with Gasteiger partial charge in [0.1, 0.15) is 11.5 Å². The molecule has 0 aliphatic carbocycles. The summed E-state index contributed by atoms with van der Waals surface area (Å²) >= 11 is 1.57. The summed E-state index contributed by atoms with van der Waals surface area (Å²) in [5, 5.41) is 19.9. The maximum atomic E-state index is 9.97. The Bertz CT molecular complexity index is 578. The molecule has 0 unspecified atom stereocenters. The Morgan fingerprint density at radius 1 is 0.684 bits per heavy atom. The van der Waals surface area contributed by atoms with E-state index in [0.29, 0.717) is 11.5 Å². The van der Waals surface area contributed by atoms with Crippen molar-refractivity contribution in [3.8, 4) is 11.5 Å². The van der Waals surface area contributed by atoms with Crippen LogP contribution in [0.15, 0.2) is 34.1 Å². The molecule has 0 heterocycles. The van der Waals surface area contributed by atoms with E-state index in [4.69, 9.17) is 0 Å². The Balaban J connectivity index is 2.43. The molecule has 0 aromatic heterocycles. The van der Waals surface area contributed by atoms with Gasteiger partial charge in [0.25, 0.3) is 0 Å². The number of aromatic hydroxyl groups is 2. The molecule has 0 radical (unpaired) electrons. The molecule has 0 spiro atoms. The lowest BCUT2D eigenvalue weighted by molar-refractivity contribution is 0.465. The third kappa shape index (κ3) is 2.56. The summed E-state index contributed by atoms with van der Waals surface area (Å²) in [6, 6.07) is 7.83. The maximum absolute atomic E-state index is 9.97. The normalized spacial score (nSPS) is 10.7. The predicted molar refractivity (Wildman–Crippen MR) is 79.3 cm³/mol. The van der Waals surface area contributed by atoms with Crippen LogP contribution in [-0.4, -0.2) is 10.2 Å². The topological polar surface area (TPSA) is 40.5 Å². The lowest BCUT2D eigenvalue weighted by Gasteiger charge is -2.12. The molecule has 2 N–H and O–H groups in total. The van der Waals surface area contributed by atoms with Crippen LogP contribution < -0.4 is 0 Å². The number of phenolic OH excluding ortho intramolecular Hbond substituents is 2. The van der Waals surface area contributed by atoms with Gasteiger partial charge in [0, 0.05) is 20.9 Å². The second-order valence-electron chi connectivity index (χ2n) is 4.81. The molecule has 0 aliphatic rings. The summed E-state index contributed by atoms with van der Waals surface area (Å²) in [6.07, 6.45) is 0. The van der Waals surface area contributed by atoms with Crippen LogP contribution >= 0.6 is 11.8 Å². The summed E-state index contributed by atoms with van der Waals surface area (Å²) in [7, 11) is 0. The molecular weight excluding hydrogens is 256 g/mol. The van der Waals surface area contributed by atoms with Gasteiger partial charge in [-0.25, -0.2) is 0 Å². The smallest absolute Gasteiger partial charge is 0.122 e. The molecule has 2 aromatic rings. The van der Waals surface area contributed by atoms with Crippen molar-refractivity contribution in [2.45, 2.75) is 37.5 Å². The average molecular weight is 274 g/mol. The number of benzene rings is 2. The summed E-state index contributed by atoms with van der Waals surface area (Å²) in [5.41, 5.74) is 3.52. The van der Waals surface area contributed by atoms with Crippen LogP contribution in [0.3, 0.4) is 0 Å². The molecule has 0 bridgehead atoms. The van der Waals surface area contributed by atoms with Gasteiger partial charge in [0.2, 0.25) is 0 Å². The first-order valence-electron chi connectivity index (χ1n) is 6.18. The first kappa shape index (κ1) is 13.8. The summed E-state index contributed by atoms with van der Waals surface area (Å²) in [5.74, 6) is 0.693. The van der Waals surface area contributed by atoms with Gasteiger partial charge < -0.3 is 10.2 Å². The summed E-state index contributed by atoms with van der Waals surface area (Å²) in [4.78, 5) is 2.02. The lowest BCUT2D eigenvalue weighted by Crippen LogP contribution is -1.88. The Hall–Kier alpha value is -1.61. The summed E-state index contributed by atoms with van der Waals surface area (Å²) < 4.78 is 0. The van der Waals surface area contributed by atoms with Gasteiger partial charge >= 0.3 is 0 Å². The number of phenols is 2. The zero-order valence-electron chi connectivity index (χ0n) is 11.6. The van der Waals surface area contributed by atoms with E-state index in [1.54, 1.807) is 11.8 Å². The standard InChI is InChI=1S/C16H18O2S/c1-9-5-7-13(11(3)15(9)17)19-14-8-6-10(2)16(18)12(14)4/h5-8,17-18H,1-4H3. The van der Waals surface area contributed by atoms with Gasteiger partial charge in [0.15, 0.2) is 0 Å². The predicted octanol–water partition coefficient (Wildman–Crippen LogP) is 4.48. The van der Waals surface area contributed by atoms with E-state index in [-0.39, 0.29) is 0 Å². The second-order valence-corrected chi connectivity index (χ2v) is 5.89. The van der Waals surface area contributed by atoms with Gasteiger partial charge in [0.05, 0.1) is 0 Å². The largest absolute Gasteiger partial charge is 0.507 e. The molecule has 0 aliphatic heterocycles. The molecule has 100 valence electrons. The molecule has 0 amide bonds. The molecule has 0 atom stereocenters. The van der Waals surface area contributed by atoms with Crippen LogP contribution in [0.4, 0.5) is 0 Å². The van der Waals surface area contributed by atoms with E-state index in [1.165, 1.54) is 0 Å². The van der Waals surface area contributed by atoms with Crippen molar-refractivity contribution < 1.29 is 10.2 Å². The van der Waals surface area contributed by atoms with Crippen LogP contribution in [0.2, 0.25) is 0 Å². The summed E-state index contributed by atoms with van der Waals surface area (Å²) in [6.45, 7) is 7.60. The van der Waals surface area contributed by atoms with Crippen LogP contribution in [0.1, 0.15) is 22.3 Å². The average Bonchev–Trinajstić information content (AvgIpc) is 2.39. The van der Waals surface area contributed by atoms with Crippen LogP contribution in [0.5, 0.6) is 11.5 Å². The number of hydrogen-bond acceptors (Lipinski definition) is 3. The molecule has 2 aromatic carbocycles. The van der Waals surface area contributed by atoms with E-state index in [9.17, 15) is 10.2 Å². The van der Waals surface area contributed by atoms with E-state index in [0.717, 1.165) is 32.0 Å². The van der Waals surface area contributed by atoms with Gasteiger partial charge in [-0.3, -0.25) is 0 Å². The highest BCUT2D eigenvalue weighted by molar-refractivity contribution is 7.99. The number of rotatable bonds is 2. The van der Waals surface area contributed by atoms with Crippen LogP contribution in [0.25, 0.3) is 0 Å². The molecule has 2 nitrogen and oxygen atoms in total. The second kappa shape index (κ2) is 5.17. The van der Waals surface area contributed by atoms with Gasteiger partial charge in [-0.1, -0.05) is 23.9 Å². The minimum atomic E-state index is 0.346. The molecule has 0 saturated heterocycles. The molecule has 0 saturated carbocycles. The molecule has 2 rings (SSSR count). The van der Waals surface area contributed by atoms with Gasteiger partial charge in [-0.05, 0) is 51.0 Å². The van der Waals surface area contributed by atoms with Crippen molar-refractivity contribution in [2.24, 2.45) is 0 Å². The third-order valence-corrected chi connectivity index (χ3v) is 4.71.